The monoisotopic (exact) mass is 518 g/mol. The zero-order chi connectivity index (χ0) is 24.9. The Hall–Kier alpha value is -1.82. The molecule has 7 aliphatic rings. The third-order valence-corrected chi connectivity index (χ3v) is 10.5. The fourth-order valence-electron chi connectivity index (χ4n) is 8.48. The van der Waals surface area contributed by atoms with Crippen molar-refractivity contribution in [2.75, 3.05) is 6.61 Å². The van der Waals surface area contributed by atoms with Crippen molar-refractivity contribution in [3.8, 4) is 0 Å². The molecule has 0 amide bonds. The van der Waals surface area contributed by atoms with Gasteiger partial charge in [0.25, 0.3) is 0 Å². The third-order valence-electron chi connectivity index (χ3n) is 9.61. The van der Waals surface area contributed by atoms with E-state index in [2.05, 4.69) is 4.74 Å². The summed E-state index contributed by atoms with van der Waals surface area (Å²) < 4.78 is 73.6. The van der Waals surface area contributed by atoms with Crippen LogP contribution in [0.4, 0.5) is 8.78 Å². The van der Waals surface area contributed by atoms with E-state index < -0.39 is 75.2 Å². The zero-order valence-electron chi connectivity index (χ0n) is 18.9. The standard InChI is InChI=1S/C23H28F2O9S/c24-23(25,35(29,30)31)9-32-19(26)15-13-5-14-16(15)20(27)33-17(14)18(13)34-21(28)22-6-10-1-2-11(7-22)4-12(3-10)8-22/h10-18H,1-9H2,(H,29,30,31). The quantitative estimate of drug-likeness (QED) is 0.319. The van der Waals surface area contributed by atoms with Crippen LogP contribution in [0.25, 0.3) is 0 Å². The van der Waals surface area contributed by atoms with Crippen molar-refractivity contribution < 1.29 is 50.3 Å². The number of hydrogen-bond donors (Lipinski definition) is 1. The maximum Gasteiger partial charge on any atom is 0.402 e. The van der Waals surface area contributed by atoms with Gasteiger partial charge in [0, 0.05) is 11.8 Å². The van der Waals surface area contributed by atoms with E-state index in [0.717, 1.165) is 44.9 Å². The van der Waals surface area contributed by atoms with Gasteiger partial charge in [-0.2, -0.15) is 17.2 Å². The van der Waals surface area contributed by atoms with Gasteiger partial charge in [-0.05, 0) is 56.3 Å². The molecule has 7 fully saturated rings. The average Bonchev–Trinajstić information content (AvgIpc) is 3.32. The molecule has 9 nitrogen and oxygen atoms in total. The number of rotatable bonds is 6. The van der Waals surface area contributed by atoms with E-state index in [1.54, 1.807) is 0 Å². The minimum atomic E-state index is -5.78. The Morgan fingerprint density at radius 2 is 1.69 bits per heavy atom. The molecule has 0 aromatic rings. The maximum absolute atomic E-state index is 13.6. The van der Waals surface area contributed by atoms with Crippen molar-refractivity contribution in [1.29, 1.82) is 0 Å². The lowest BCUT2D eigenvalue weighted by atomic mass is 9.58. The van der Waals surface area contributed by atoms with Gasteiger partial charge in [0.1, 0.15) is 12.2 Å². The van der Waals surface area contributed by atoms with Crippen molar-refractivity contribution in [3.63, 3.8) is 0 Å². The highest BCUT2D eigenvalue weighted by atomic mass is 32.2. The van der Waals surface area contributed by atoms with Crippen LogP contribution in [0.15, 0.2) is 0 Å². The van der Waals surface area contributed by atoms with Crippen molar-refractivity contribution in [2.45, 2.75) is 68.8 Å². The normalized spacial score (nSPS) is 45.3. The lowest BCUT2D eigenvalue weighted by Crippen LogP contribution is -2.49. The van der Waals surface area contributed by atoms with Crippen molar-refractivity contribution >= 4 is 28.0 Å². The summed E-state index contributed by atoms with van der Waals surface area (Å²) in [6.45, 7) is -1.87. The van der Waals surface area contributed by atoms with E-state index in [0.29, 0.717) is 24.2 Å². The Bertz CT molecular complexity index is 1060. The second-order valence-electron chi connectivity index (χ2n) is 11.6. The molecule has 12 heteroatoms. The Morgan fingerprint density at radius 1 is 1.06 bits per heavy atom. The minimum Gasteiger partial charge on any atom is -0.458 e. The lowest BCUT2D eigenvalue weighted by molar-refractivity contribution is -0.182. The molecule has 35 heavy (non-hydrogen) atoms. The highest BCUT2D eigenvalue weighted by molar-refractivity contribution is 7.86. The van der Waals surface area contributed by atoms with Crippen LogP contribution in [-0.4, -0.2) is 54.9 Å². The first-order valence-electron chi connectivity index (χ1n) is 12.3. The van der Waals surface area contributed by atoms with E-state index in [1.807, 2.05) is 0 Å². The van der Waals surface area contributed by atoms with Crippen LogP contribution >= 0.6 is 0 Å². The SMILES string of the molecule is O=C1OC2C3CC(C2OC(=O)C24CC5CCC(CC(C5)C2)C4)C(C(=O)OCC(F)(F)S(=O)(=O)O)C13. The molecule has 1 aliphatic heterocycles. The maximum atomic E-state index is 13.6. The molecule has 6 saturated carbocycles. The fraction of sp³-hybridized carbons (Fsp3) is 0.870. The second kappa shape index (κ2) is 7.60. The molecule has 7 rings (SSSR count). The number of esters is 3. The second-order valence-corrected chi connectivity index (χ2v) is 13.2. The number of alkyl halides is 2. The summed E-state index contributed by atoms with van der Waals surface area (Å²) in [5.41, 5.74) is -0.565. The molecule has 1 saturated heterocycles. The first-order chi connectivity index (χ1) is 16.4. The number of carbonyl (C=O) groups excluding carboxylic acids is 3. The summed E-state index contributed by atoms with van der Waals surface area (Å²) in [7, 11) is -5.78. The molecule has 8 atom stereocenters. The summed E-state index contributed by atoms with van der Waals surface area (Å²) in [4.78, 5) is 38.9. The first kappa shape index (κ1) is 23.6. The average molecular weight is 519 g/mol. The van der Waals surface area contributed by atoms with Crippen LogP contribution in [0.3, 0.4) is 0 Å². The summed E-state index contributed by atoms with van der Waals surface area (Å²) >= 11 is 0. The summed E-state index contributed by atoms with van der Waals surface area (Å²) in [5.74, 6) is -3.81. The molecule has 1 heterocycles. The highest BCUT2D eigenvalue weighted by Gasteiger charge is 2.71. The van der Waals surface area contributed by atoms with Crippen molar-refractivity contribution in [3.05, 3.63) is 0 Å². The van der Waals surface area contributed by atoms with Crippen LogP contribution in [0.5, 0.6) is 0 Å². The molecule has 194 valence electrons. The van der Waals surface area contributed by atoms with Crippen molar-refractivity contribution in [1.82, 2.24) is 0 Å². The van der Waals surface area contributed by atoms with E-state index >= 15 is 0 Å². The number of halogens is 2. The van der Waals surface area contributed by atoms with Gasteiger partial charge in [-0.3, -0.25) is 18.9 Å². The lowest BCUT2D eigenvalue weighted by Gasteiger charge is -2.47. The fourth-order valence-corrected chi connectivity index (χ4v) is 8.69. The van der Waals surface area contributed by atoms with Gasteiger partial charge in [-0.25, -0.2) is 0 Å². The molecule has 0 spiro atoms. The van der Waals surface area contributed by atoms with Crippen LogP contribution in [0, 0.1) is 46.8 Å². The molecule has 8 unspecified atom stereocenters. The number of hydrogen-bond acceptors (Lipinski definition) is 8. The summed E-state index contributed by atoms with van der Waals surface area (Å²) in [6, 6.07) is 0. The summed E-state index contributed by atoms with van der Waals surface area (Å²) in [5, 5.41) is -4.68. The molecule has 1 N–H and O–H groups in total. The molecule has 0 aromatic carbocycles. The predicted octanol–water partition coefficient (Wildman–Crippen LogP) is 2.34. The van der Waals surface area contributed by atoms with E-state index in [1.165, 1.54) is 0 Å². The van der Waals surface area contributed by atoms with Gasteiger partial charge in [0.15, 0.2) is 6.61 Å². The number of ether oxygens (including phenoxy) is 3. The van der Waals surface area contributed by atoms with Gasteiger partial charge < -0.3 is 14.2 Å². The number of carbonyl (C=O) groups is 3. The van der Waals surface area contributed by atoms with Gasteiger partial charge in [-0.15, -0.1) is 0 Å². The largest absolute Gasteiger partial charge is 0.458 e. The van der Waals surface area contributed by atoms with Crippen LogP contribution in [-0.2, 0) is 38.7 Å². The highest BCUT2D eigenvalue weighted by Crippen LogP contribution is 2.61. The molecule has 0 radical (unpaired) electrons. The van der Waals surface area contributed by atoms with E-state index in [-0.39, 0.29) is 5.97 Å². The van der Waals surface area contributed by atoms with Gasteiger partial charge >= 0.3 is 33.3 Å². The minimum absolute atomic E-state index is 0.319. The van der Waals surface area contributed by atoms with Gasteiger partial charge in [0.2, 0.25) is 0 Å². The topological polar surface area (TPSA) is 133 Å². The molecular weight excluding hydrogens is 490 g/mol. The van der Waals surface area contributed by atoms with E-state index in [9.17, 15) is 31.6 Å². The van der Waals surface area contributed by atoms with Crippen LogP contribution in [0.2, 0.25) is 0 Å². The predicted molar refractivity (Wildman–Crippen MR) is 111 cm³/mol. The first-order valence-corrected chi connectivity index (χ1v) is 13.8. The van der Waals surface area contributed by atoms with Crippen molar-refractivity contribution in [2.24, 2.45) is 46.8 Å². The Labute approximate surface area is 201 Å². The van der Waals surface area contributed by atoms with Crippen LogP contribution < -0.4 is 0 Å². The Morgan fingerprint density at radius 3 is 2.31 bits per heavy atom. The van der Waals surface area contributed by atoms with Gasteiger partial charge in [-0.1, -0.05) is 12.8 Å². The smallest absolute Gasteiger partial charge is 0.402 e. The summed E-state index contributed by atoms with van der Waals surface area (Å²) in [6.07, 6.45) is 5.66. The molecule has 0 aromatic heterocycles. The number of fused-ring (bicyclic) bond motifs is 2. The van der Waals surface area contributed by atoms with Gasteiger partial charge in [0.05, 0.1) is 17.3 Å². The Kier molecular flexibility index (Phi) is 5.12. The third kappa shape index (κ3) is 3.53. The Balaban J connectivity index is 1.20. The molecule has 6 bridgehead atoms. The molecular formula is C23H28F2O9S. The zero-order valence-corrected chi connectivity index (χ0v) is 19.8. The van der Waals surface area contributed by atoms with E-state index in [4.69, 9.17) is 14.0 Å². The van der Waals surface area contributed by atoms with Crippen LogP contribution in [0.1, 0.15) is 51.4 Å². The molecule has 6 aliphatic carbocycles.